The van der Waals surface area contributed by atoms with Gasteiger partial charge in [0.15, 0.2) is 0 Å². The van der Waals surface area contributed by atoms with E-state index in [1.165, 1.54) is 0 Å². The van der Waals surface area contributed by atoms with Gasteiger partial charge in [-0.25, -0.2) is 0 Å². The molecular formula is C11H19BrN4O. The van der Waals surface area contributed by atoms with Crippen LogP contribution in [0, 0.1) is 13.8 Å². The number of nitrogens with two attached hydrogens (primary N) is 1. The van der Waals surface area contributed by atoms with E-state index in [-0.39, 0.29) is 11.9 Å². The lowest BCUT2D eigenvalue weighted by atomic mass is 10.2. The van der Waals surface area contributed by atoms with Gasteiger partial charge < -0.3 is 11.1 Å². The number of halogens is 1. The zero-order chi connectivity index (χ0) is 13.0. The standard InChI is InChI=1S/C11H19BrN4O/c1-4-14-9(11(13)17)5-6-16-8(3)10(12)7(2)15-16/h9,14H,4-6H2,1-3H3,(H2,13,17). The van der Waals surface area contributed by atoms with Crippen molar-refractivity contribution in [1.29, 1.82) is 0 Å². The van der Waals surface area contributed by atoms with Gasteiger partial charge >= 0.3 is 0 Å². The number of carbonyl (C=O) groups excluding carboxylic acids is 1. The Morgan fingerprint density at radius 2 is 2.24 bits per heavy atom. The molecule has 1 rings (SSSR count). The van der Waals surface area contributed by atoms with E-state index in [1.54, 1.807) is 0 Å². The molecule has 0 saturated carbocycles. The zero-order valence-electron chi connectivity index (χ0n) is 10.5. The second-order valence-electron chi connectivity index (χ2n) is 4.01. The van der Waals surface area contributed by atoms with Crippen LogP contribution in [0.3, 0.4) is 0 Å². The Hall–Kier alpha value is -0.880. The van der Waals surface area contributed by atoms with Gasteiger partial charge in [0.2, 0.25) is 5.91 Å². The second-order valence-corrected chi connectivity index (χ2v) is 4.80. The Balaban J connectivity index is 2.65. The fraction of sp³-hybridized carbons (Fsp3) is 0.636. The highest BCUT2D eigenvalue weighted by Crippen LogP contribution is 2.19. The molecule has 1 atom stereocenters. The Kier molecular flexibility index (Phi) is 5.14. The largest absolute Gasteiger partial charge is 0.368 e. The summed E-state index contributed by atoms with van der Waals surface area (Å²) in [6.07, 6.45) is 0.650. The van der Waals surface area contributed by atoms with Gasteiger partial charge in [-0.1, -0.05) is 6.92 Å². The Bertz CT molecular complexity index is 402. The first kappa shape index (κ1) is 14.2. The Morgan fingerprint density at radius 3 is 2.65 bits per heavy atom. The van der Waals surface area contributed by atoms with Crippen molar-refractivity contribution in [2.24, 2.45) is 5.73 Å². The van der Waals surface area contributed by atoms with Crippen LogP contribution < -0.4 is 11.1 Å². The van der Waals surface area contributed by atoms with Crippen LogP contribution >= 0.6 is 15.9 Å². The maximum Gasteiger partial charge on any atom is 0.234 e. The average Bonchev–Trinajstić information content (AvgIpc) is 2.52. The van der Waals surface area contributed by atoms with Crippen molar-refractivity contribution in [3.63, 3.8) is 0 Å². The number of carbonyl (C=O) groups is 1. The minimum absolute atomic E-state index is 0.289. The van der Waals surface area contributed by atoms with Gasteiger partial charge in [-0.05, 0) is 42.7 Å². The van der Waals surface area contributed by atoms with Crippen LogP contribution in [0.15, 0.2) is 4.47 Å². The van der Waals surface area contributed by atoms with Gasteiger partial charge in [-0.3, -0.25) is 9.48 Å². The molecular weight excluding hydrogens is 284 g/mol. The maximum absolute atomic E-state index is 11.2. The van der Waals surface area contributed by atoms with Crippen LogP contribution in [0.5, 0.6) is 0 Å². The average molecular weight is 303 g/mol. The number of rotatable bonds is 6. The normalized spacial score (nSPS) is 12.7. The molecule has 0 aliphatic carbocycles. The molecule has 0 radical (unpaired) electrons. The predicted octanol–water partition coefficient (Wildman–Crippen LogP) is 1.12. The first-order valence-electron chi connectivity index (χ1n) is 5.69. The topological polar surface area (TPSA) is 72.9 Å². The number of hydrogen-bond acceptors (Lipinski definition) is 3. The number of nitrogens with zero attached hydrogens (tertiary/aromatic N) is 2. The van der Waals surface area contributed by atoms with Crippen molar-refractivity contribution in [2.45, 2.75) is 39.8 Å². The van der Waals surface area contributed by atoms with Gasteiger partial charge in [0.05, 0.1) is 16.2 Å². The van der Waals surface area contributed by atoms with Gasteiger partial charge in [-0.15, -0.1) is 0 Å². The fourth-order valence-electron chi connectivity index (χ4n) is 1.74. The summed E-state index contributed by atoms with van der Waals surface area (Å²) in [5.74, 6) is -0.313. The third-order valence-corrected chi connectivity index (χ3v) is 3.86. The number of aryl methyl sites for hydroxylation is 2. The van der Waals surface area contributed by atoms with E-state index in [2.05, 4.69) is 26.3 Å². The maximum atomic E-state index is 11.2. The first-order valence-corrected chi connectivity index (χ1v) is 6.48. The van der Waals surface area contributed by atoms with Crippen molar-refractivity contribution >= 4 is 21.8 Å². The van der Waals surface area contributed by atoms with Crippen molar-refractivity contribution in [1.82, 2.24) is 15.1 Å². The molecule has 1 unspecified atom stereocenters. The highest BCUT2D eigenvalue weighted by atomic mass is 79.9. The highest BCUT2D eigenvalue weighted by molar-refractivity contribution is 9.10. The molecule has 0 aliphatic rings. The summed E-state index contributed by atoms with van der Waals surface area (Å²) in [5, 5.41) is 7.46. The number of nitrogens with one attached hydrogen (secondary N) is 1. The van der Waals surface area contributed by atoms with E-state index < -0.39 is 0 Å². The van der Waals surface area contributed by atoms with Crippen LogP contribution in [0.4, 0.5) is 0 Å². The highest BCUT2D eigenvalue weighted by Gasteiger charge is 2.15. The quantitative estimate of drug-likeness (QED) is 0.827. The molecule has 96 valence electrons. The van der Waals surface area contributed by atoms with Gasteiger partial charge in [0, 0.05) is 12.2 Å². The van der Waals surface area contributed by atoms with Gasteiger partial charge in [-0.2, -0.15) is 5.10 Å². The number of likely N-dealkylation sites (N-methyl/N-ethyl adjacent to an activating group) is 1. The van der Waals surface area contributed by atoms with Crippen molar-refractivity contribution in [3.05, 3.63) is 15.9 Å². The fourth-order valence-corrected chi connectivity index (χ4v) is 2.02. The Labute approximate surface area is 110 Å². The van der Waals surface area contributed by atoms with E-state index in [0.717, 1.165) is 22.4 Å². The number of primary amides is 1. The third-order valence-electron chi connectivity index (χ3n) is 2.72. The van der Waals surface area contributed by atoms with Crippen molar-refractivity contribution in [3.8, 4) is 0 Å². The second kappa shape index (κ2) is 6.16. The summed E-state index contributed by atoms with van der Waals surface area (Å²) in [5.41, 5.74) is 7.35. The van der Waals surface area contributed by atoms with Crippen LogP contribution in [0.25, 0.3) is 0 Å². The lowest BCUT2D eigenvalue weighted by molar-refractivity contribution is -0.120. The molecule has 0 aliphatic heterocycles. The third kappa shape index (κ3) is 3.54. The minimum atomic E-state index is -0.313. The molecule has 0 spiro atoms. The van der Waals surface area contributed by atoms with Crippen LogP contribution in [0.2, 0.25) is 0 Å². The van der Waals surface area contributed by atoms with Gasteiger partial charge in [0.25, 0.3) is 0 Å². The number of aromatic nitrogens is 2. The zero-order valence-corrected chi connectivity index (χ0v) is 12.0. The number of hydrogen-bond donors (Lipinski definition) is 2. The lowest BCUT2D eigenvalue weighted by Crippen LogP contribution is -2.41. The molecule has 1 heterocycles. The predicted molar refractivity (Wildman–Crippen MR) is 70.7 cm³/mol. The van der Waals surface area contributed by atoms with Crippen LogP contribution in [0.1, 0.15) is 24.7 Å². The summed E-state index contributed by atoms with van der Waals surface area (Å²) in [7, 11) is 0. The van der Waals surface area contributed by atoms with Crippen LogP contribution in [-0.4, -0.2) is 28.3 Å². The summed E-state index contributed by atoms with van der Waals surface area (Å²) in [4.78, 5) is 11.2. The van der Waals surface area contributed by atoms with E-state index in [0.29, 0.717) is 13.0 Å². The van der Waals surface area contributed by atoms with Gasteiger partial charge in [0.1, 0.15) is 0 Å². The van der Waals surface area contributed by atoms with E-state index in [9.17, 15) is 4.79 Å². The summed E-state index contributed by atoms with van der Waals surface area (Å²) < 4.78 is 2.92. The van der Waals surface area contributed by atoms with Crippen molar-refractivity contribution < 1.29 is 4.79 Å². The molecule has 0 saturated heterocycles. The Morgan fingerprint density at radius 1 is 1.59 bits per heavy atom. The van der Waals surface area contributed by atoms with Crippen molar-refractivity contribution in [2.75, 3.05) is 6.54 Å². The summed E-state index contributed by atoms with van der Waals surface area (Å²) in [6.45, 7) is 7.31. The molecule has 1 aromatic heterocycles. The molecule has 0 bridgehead atoms. The van der Waals surface area contributed by atoms with E-state index in [4.69, 9.17) is 5.73 Å². The smallest absolute Gasteiger partial charge is 0.234 e. The SMILES string of the molecule is CCNC(CCn1nc(C)c(Br)c1C)C(N)=O. The molecule has 17 heavy (non-hydrogen) atoms. The molecule has 0 aromatic carbocycles. The van der Waals surface area contributed by atoms with E-state index in [1.807, 2.05) is 25.5 Å². The molecule has 1 aromatic rings. The summed E-state index contributed by atoms with van der Waals surface area (Å²) >= 11 is 3.48. The first-order chi connectivity index (χ1) is 7.97. The van der Waals surface area contributed by atoms with Crippen LogP contribution in [-0.2, 0) is 11.3 Å². The lowest BCUT2D eigenvalue weighted by Gasteiger charge is -2.14. The molecule has 0 fully saturated rings. The minimum Gasteiger partial charge on any atom is -0.368 e. The van der Waals surface area contributed by atoms with E-state index >= 15 is 0 Å². The molecule has 5 nitrogen and oxygen atoms in total. The summed E-state index contributed by atoms with van der Waals surface area (Å²) in [6, 6.07) is -0.289. The monoisotopic (exact) mass is 302 g/mol. The molecule has 3 N–H and O–H groups in total. The number of amides is 1. The molecule has 1 amide bonds. The molecule has 6 heteroatoms.